The lowest BCUT2D eigenvalue weighted by atomic mass is 11.3. The summed E-state index contributed by atoms with van der Waals surface area (Å²) in [6, 6.07) is 0. The Morgan fingerprint density at radius 3 is 2.17 bits per heavy atom. The normalized spacial score (nSPS) is 19.0. The number of hydrogen-bond acceptors (Lipinski definition) is 1. The van der Waals surface area contributed by atoms with Crippen molar-refractivity contribution in [2.24, 2.45) is 0 Å². The van der Waals surface area contributed by atoms with Crippen LogP contribution in [0.15, 0.2) is 12.4 Å². The molecule has 1 nitrogen and oxygen atoms in total. The molecule has 36 valence electrons. The third-order valence-electron chi connectivity index (χ3n) is 0.238. The van der Waals surface area contributed by atoms with Crippen molar-refractivity contribution >= 4 is 29.5 Å². The lowest BCUT2D eigenvalue weighted by Crippen LogP contribution is -1.50. The van der Waals surface area contributed by atoms with Gasteiger partial charge in [-0.3, -0.25) is 0 Å². The van der Waals surface area contributed by atoms with E-state index in [0.717, 1.165) is 0 Å². The summed E-state index contributed by atoms with van der Waals surface area (Å²) < 4.78 is 0. The zero-order valence-electron chi connectivity index (χ0n) is 3.03. The largest absolute Gasteiger partial charge is 0.355 e. The third kappa shape index (κ3) is 4.70. The van der Waals surface area contributed by atoms with E-state index >= 15 is 0 Å². The molecule has 0 amide bonds. The molecule has 0 aromatic heterocycles. The van der Waals surface area contributed by atoms with Crippen LogP contribution in [-0.2, 0) is 11.8 Å². The SMILES string of the molecule is C=CP(O)(=S)S. The van der Waals surface area contributed by atoms with Gasteiger partial charge in [-0.05, 0) is 5.82 Å². The average molecular weight is 140 g/mol. The van der Waals surface area contributed by atoms with Gasteiger partial charge in [-0.15, -0.1) is 12.2 Å². The molecule has 0 saturated carbocycles. The van der Waals surface area contributed by atoms with Crippen molar-refractivity contribution in [3.63, 3.8) is 0 Å². The predicted octanol–water partition coefficient (Wildman–Crippen LogP) is 1.36. The molecule has 0 radical (unpaired) electrons. The third-order valence-corrected chi connectivity index (χ3v) is 1.65. The fourth-order valence-electron chi connectivity index (χ4n) is 0. The lowest BCUT2D eigenvalue weighted by Gasteiger charge is -1.93. The minimum absolute atomic E-state index is 1.28. The molecule has 0 heterocycles. The molecule has 0 saturated heterocycles. The first-order valence-electron chi connectivity index (χ1n) is 1.25. The van der Waals surface area contributed by atoms with Crippen LogP contribution in [0.5, 0.6) is 0 Å². The zero-order valence-corrected chi connectivity index (χ0v) is 5.64. The Bertz CT molecular complexity index is 93.7. The number of rotatable bonds is 1. The van der Waals surface area contributed by atoms with Crippen LogP contribution in [0.25, 0.3) is 0 Å². The van der Waals surface area contributed by atoms with Crippen LogP contribution in [0.4, 0.5) is 0 Å². The highest BCUT2D eigenvalue weighted by molar-refractivity contribution is 8.62. The van der Waals surface area contributed by atoms with Crippen LogP contribution in [0.2, 0.25) is 0 Å². The molecule has 0 aliphatic heterocycles. The smallest absolute Gasteiger partial charge is 0.135 e. The summed E-state index contributed by atoms with van der Waals surface area (Å²) in [4.78, 5) is 8.50. The highest BCUT2D eigenvalue weighted by Gasteiger charge is 1.92. The van der Waals surface area contributed by atoms with E-state index in [4.69, 9.17) is 4.89 Å². The first-order chi connectivity index (χ1) is 2.56. The molecule has 0 aliphatic carbocycles. The summed E-state index contributed by atoms with van der Waals surface area (Å²) in [6.07, 6.45) is 0. The molecule has 0 aromatic rings. The van der Waals surface area contributed by atoms with E-state index in [-0.39, 0.29) is 0 Å². The monoisotopic (exact) mass is 140 g/mol. The Labute approximate surface area is 47.3 Å². The summed E-state index contributed by atoms with van der Waals surface area (Å²) in [7, 11) is 0. The van der Waals surface area contributed by atoms with E-state index in [2.05, 4.69) is 30.6 Å². The number of thiol groups is 1. The Hall–Kier alpha value is 0.700. The van der Waals surface area contributed by atoms with Crippen LogP contribution in [0.3, 0.4) is 0 Å². The molecule has 1 atom stereocenters. The van der Waals surface area contributed by atoms with Crippen molar-refractivity contribution in [1.82, 2.24) is 0 Å². The van der Waals surface area contributed by atoms with Crippen LogP contribution < -0.4 is 0 Å². The second-order valence-electron chi connectivity index (χ2n) is 0.772. The summed E-state index contributed by atoms with van der Waals surface area (Å²) in [6.45, 7) is 3.25. The van der Waals surface area contributed by atoms with Crippen LogP contribution in [0, 0.1) is 0 Å². The van der Waals surface area contributed by atoms with Gasteiger partial charge in [0.05, 0.1) is 0 Å². The molecule has 1 N–H and O–H groups in total. The summed E-state index contributed by atoms with van der Waals surface area (Å²) >= 11 is 8.02. The molecule has 0 aliphatic rings. The van der Waals surface area contributed by atoms with E-state index in [1.165, 1.54) is 5.82 Å². The summed E-state index contributed by atoms with van der Waals surface area (Å²) in [5, 5.41) is 0. The van der Waals surface area contributed by atoms with Crippen molar-refractivity contribution in [1.29, 1.82) is 0 Å². The van der Waals surface area contributed by atoms with Crippen molar-refractivity contribution in [2.45, 2.75) is 0 Å². The van der Waals surface area contributed by atoms with Crippen LogP contribution >= 0.6 is 17.7 Å². The van der Waals surface area contributed by atoms with E-state index < -0.39 is 5.47 Å². The van der Waals surface area contributed by atoms with Crippen molar-refractivity contribution in [3.05, 3.63) is 12.4 Å². The van der Waals surface area contributed by atoms with E-state index in [1.54, 1.807) is 0 Å². The van der Waals surface area contributed by atoms with Crippen molar-refractivity contribution in [2.75, 3.05) is 0 Å². The molecule has 1 unspecified atom stereocenters. The quantitative estimate of drug-likeness (QED) is 0.423. The topological polar surface area (TPSA) is 20.2 Å². The van der Waals surface area contributed by atoms with Gasteiger partial charge in [0.25, 0.3) is 0 Å². The van der Waals surface area contributed by atoms with Crippen molar-refractivity contribution in [3.8, 4) is 0 Å². The van der Waals surface area contributed by atoms with Gasteiger partial charge in [0.15, 0.2) is 0 Å². The fraction of sp³-hybridized carbons (Fsp3) is 0. The fourth-order valence-corrected chi connectivity index (χ4v) is 0. The molecule has 0 bridgehead atoms. The minimum atomic E-state index is -2.35. The van der Waals surface area contributed by atoms with Gasteiger partial charge < -0.3 is 4.89 Å². The van der Waals surface area contributed by atoms with Crippen molar-refractivity contribution < 1.29 is 4.89 Å². The van der Waals surface area contributed by atoms with Gasteiger partial charge >= 0.3 is 0 Å². The Balaban J connectivity index is 3.81. The Morgan fingerprint density at radius 2 is 2.17 bits per heavy atom. The molecule has 4 heteroatoms. The molecule has 0 aromatic carbocycles. The molecular weight excluding hydrogens is 135 g/mol. The molecule has 0 spiro atoms. The Kier molecular flexibility index (Phi) is 2.37. The highest BCUT2D eigenvalue weighted by atomic mass is 32.9. The van der Waals surface area contributed by atoms with E-state index in [0.29, 0.717) is 0 Å². The number of hydrogen-bond donors (Lipinski definition) is 2. The van der Waals surface area contributed by atoms with Gasteiger partial charge in [0, 0.05) is 0 Å². The highest BCUT2D eigenvalue weighted by Crippen LogP contribution is 2.46. The maximum atomic E-state index is 8.50. The average Bonchev–Trinajstić information content (AvgIpc) is 1.35. The zero-order chi connectivity index (χ0) is 5.21. The van der Waals surface area contributed by atoms with Gasteiger partial charge in [-0.25, -0.2) is 0 Å². The second kappa shape index (κ2) is 2.12. The van der Waals surface area contributed by atoms with Crippen LogP contribution in [-0.4, -0.2) is 4.89 Å². The maximum absolute atomic E-state index is 8.50. The summed E-state index contributed by atoms with van der Waals surface area (Å²) in [5.41, 5.74) is -2.35. The predicted molar refractivity (Wildman–Crippen MR) is 35.7 cm³/mol. The summed E-state index contributed by atoms with van der Waals surface area (Å²) in [5.74, 6) is 1.28. The first kappa shape index (κ1) is 6.70. The minimum Gasteiger partial charge on any atom is -0.355 e. The molecule has 0 fully saturated rings. The van der Waals surface area contributed by atoms with Gasteiger partial charge in [0.1, 0.15) is 5.47 Å². The van der Waals surface area contributed by atoms with Gasteiger partial charge in [0.2, 0.25) is 0 Å². The first-order valence-corrected chi connectivity index (χ1v) is 5.23. The molecule has 0 rings (SSSR count). The lowest BCUT2D eigenvalue weighted by molar-refractivity contribution is 0.648. The molecule has 6 heavy (non-hydrogen) atoms. The van der Waals surface area contributed by atoms with Crippen LogP contribution in [0.1, 0.15) is 0 Å². The molecular formula is C2H5OPS2. The van der Waals surface area contributed by atoms with E-state index in [9.17, 15) is 0 Å². The maximum Gasteiger partial charge on any atom is 0.135 e. The van der Waals surface area contributed by atoms with E-state index in [1.807, 2.05) is 0 Å². The van der Waals surface area contributed by atoms with Gasteiger partial charge in [-0.2, -0.15) is 0 Å². The Morgan fingerprint density at radius 1 is 2.00 bits per heavy atom. The second-order valence-corrected chi connectivity index (χ2v) is 6.63. The van der Waals surface area contributed by atoms with Gasteiger partial charge in [-0.1, -0.05) is 18.4 Å². The standard InChI is InChI=1S/C2H5OPS2/c1-2-4(3,5)6/h2H,1H2,(H2,3,5,6).